The fraction of sp³-hybridized carbons (Fsp3) is 0.280. The summed E-state index contributed by atoms with van der Waals surface area (Å²) < 4.78 is 0. The van der Waals surface area contributed by atoms with Crippen LogP contribution in [0, 0.1) is 6.92 Å². The van der Waals surface area contributed by atoms with Gasteiger partial charge in [-0.15, -0.1) is 0 Å². The molecule has 166 valence electrons. The number of rotatable bonds is 5. The number of hydrogen-bond donors (Lipinski definition) is 4. The van der Waals surface area contributed by atoms with Gasteiger partial charge in [0.15, 0.2) is 0 Å². The molecule has 6 heteroatoms. The molecule has 0 aliphatic carbocycles. The highest BCUT2D eigenvalue weighted by Crippen LogP contribution is 2.36. The smallest absolute Gasteiger partial charge is 0.0702 e. The summed E-state index contributed by atoms with van der Waals surface area (Å²) in [4.78, 5) is 3.48. The van der Waals surface area contributed by atoms with Crippen molar-refractivity contribution < 1.29 is 0 Å². The first kappa shape index (κ1) is 24.9. The minimum absolute atomic E-state index is 0.554. The molecule has 4 nitrogen and oxygen atoms in total. The Hall–Kier alpha value is -2.40. The van der Waals surface area contributed by atoms with Crippen LogP contribution < -0.4 is 16.4 Å². The summed E-state index contributed by atoms with van der Waals surface area (Å²) in [6.07, 6.45) is 0. The fourth-order valence-corrected chi connectivity index (χ4v) is 3.58. The highest BCUT2D eigenvalue weighted by atomic mass is 35.5. The Kier molecular flexibility index (Phi) is 9.50. The van der Waals surface area contributed by atoms with Gasteiger partial charge in [0.1, 0.15) is 0 Å². The predicted molar refractivity (Wildman–Crippen MR) is 141 cm³/mol. The number of H-pyrrole nitrogens is 1. The number of nitrogens with one attached hydrogen (secondary N) is 3. The van der Waals surface area contributed by atoms with Crippen LogP contribution in [0.25, 0.3) is 21.8 Å². The number of halogens is 2. The van der Waals surface area contributed by atoms with Crippen LogP contribution in [0.4, 0.5) is 17.1 Å². The highest BCUT2D eigenvalue weighted by Gasteiger charge is 2.11. The third-order valence-corrected chi connectivity index (χ3v) is 5.23. The van der Waals surface area contributed by atoms with Crippen LogP contribution >= 0.6 is 23.2 Å². The summed E-state index contributed by atoms with van der Waals surface area (Å²) in [7, 11) is 0. The van der Waals surface area contributed by atoms with E-state index in [0.29, 0.717) is 18.1 Å². The first-order chi connectivity index (χ1) is 15.0. The van der Waals surface area contributed by atoms with Crippen molar-refractivity contribution in [1.82, 2.24) is 4.98 Å². The van der Waals surface area contributed by atoms with E-state index in [-0.39, 0.29) is 0 Å². The number of hydrogen-bond acceptors (Lipinski definition) is 3. The minimum Gasteiger partial charge on any atom is -0.382 e. The van der Waals surface area contributed by atoms with Gasteiger partial charge in [-0.1, -0.05) is 57.0 Å². The zero-order valence-corrected chi connectivity index (χ0v) is 20.4. The Morgan fingerprint density at radius 3 is 2.29 bits per heavy atom. The lowest BCUT2D eigenvalue weighted by Crippen LogP contribution is -2.13. The van der Waals surface area contributed by atoms with E-state index in [1.54, 1.807) is 0 Å². The first-order valence-corrected chi connectivity index (χ1v) is 11.5. The van der Waals surface area contributed by atoms with Crippen LogP contribution in [-0.2, 0) is 0 Å². The summed E-state index contributed by atoms with van der Waals surface area (Å²) in [6.45, 7) is 11.2. The van der Waals surface area contributed by atoms with Gasteiger partial charge in [-0.3, -0.25) is 0 Å². The van der Waals surface area contributed by atoms with E-state index in [9.17, 15) is 0 Å². The van der Waals surface area contributed by atoms with Gasteiger partial charge >= 0.3 is 0 Å². The minimum atomic E-state index is 0.554. The van der Waals surface area contributed by atoms with Crippen LogP contribution in [-0.4, -0.2) is 18.1 Å². The van der Waals surface area contributed by atoms with Gasteiger partial charge in [0.05, 0.1) is 11.2 Å². The second-order valence-corrected chi connectivity index (χ2v) is 7.41. The molecule has 0 spiro atoms. The van der Waals surface area contributed by atoms with Crippen LogP contribution in [0.5, 0.6) is 0 Å². The molecule has 0 saturated carbocycles. The topological polar surface area (TPSA) is 65.9 Å². The maximum Gasteiger partial charge on any atom is 0.0702 e. The number of benzene rings is 3. The molecule has 0 unspecified atom stereocenters. The Morgan fingerprint density at radius 2 is 1.61 bits per heavy atom. The van der Waals surface area contributed by atoms with Crippen molar-refractivity contribution in [2.24, 2.45) is 5.73 Å². The molecule has 0 bridgehead atoms. The SMILES string of the molecule is CC.CC.Cc1ccc(Nc2cc(NCCN)c3[nH]c4ccc(Cl)cc4c3c2)cc1Cl. The molecule has 31 heavy (non-hydrogen) atoms. The average molecular weight is 459 g/mol. The molecular formula is C25H32Cl2N4. The predicted octanol–water partition coefficient (Wildman–Crippen LogP) is 8.10. The summed E-state index contributed by atoms with van der Waals surface area (Å²) in [5, 5.41) is 10.5. The van der Waals surface area contributed by atoms with E-state index < -0.39 is 0 Å². The Bertz CT molecular complexity index is 1140. The van der Waals surface area contributed by atoms with Gasteiger partial charge < -0.3 is 21.4 Å². The molecule has 1 heterocycles. The molecular weight excluding hydrogens is 427 g/mol. The van der Waals surface area contributed by atoms with Crippen molar-refractivity contribution in [1.29, 1.82) is 0 Å². The first-order valence-electron chi connectivity index (χ1n) is 10.8. The summed E-state index contributed by atoms with van der Waals surface area (Å²) in [5.41, 5.74) is 11.7. The maximum absolute atomic E-state index is 6.27. The molecule has 4 aromatic rings. The van der Waals surface area contributed by atoms with Crippen molar-refractivity contribution in [2.45, 2.75) is 34.6 Å². The maximum atomic E-state index is 6.27. The largest absolute Gasteiger partial charge is 0.382 e. The number of nitrogens with two attached hydrogens (primary N) is 1. The molecule has 0 fully saturated rings. The van der Waals surface area contributed by atoms with Crippen LogP contribution in [0.1, 0.15) is 33.3 Å². The number of fused-ring (bicyclic) bond motifs is 3. The third kappa shape index (κ3) is 5.85. The van der Waals surface area contributed by atoms with E-state index in [2.05, 4.69) is 27.8 Å². The average Bonchev–Trinajstić information content (AvgIpc) is 3.15. The Morgan fingerprint density at radius 1 is 0.871 bits per heavy atom. The third-order valence-electron chi connectivity index (χ3n) is 4.59. The number of aromatic amines is 1. The Balaban J connectivity index is 0.000000807. The fourth-order valence-electron chi connectivity index (χ4n) is 3.23. The van der Waals surface area contributed by atoms with Gasteiger partial charge in [-0.05, 0) is 55.0 Å². The van der Waals surface area contributed by atoms with Crippen LogP contribution in [0.3, 0.4) is 0 Å². The van der Waals surface area contributed by atoms with Crippen molar-refractivity contribution in [3.05, 3.63) is 64.1 Å². The molecule has 0 amide bonds. The molecule has 3 aromatic carbocycles. The number of aromatic nitrogens is 1. The number of aryl methyl sites for hydroxylation is 1. The van der Waals surface area contributed by atoms with Gasteiger partial charge in [0.25, 0.3) is 0 Å². The zero-order valence-electron chi connectivity index (χ0n) is 18.9. The molecule has 4 rings (SSSR count). The van der Waals surface area contributed by atoms with Crippen LogP contribution in [0.15, 0.2) is 48.5 Å². The van der Waals surface area contributed by atoms with Gasteiger partial charge in [0.2, 0.25) is 0 Å². The second kappa shape index (κ2) is 11.8. The van der Waals surface area contributed by atoms with E-state index >= 15 is 0 Å². The summed E-state index contributed by atoms with van der Waals surface area (Å²) >= 11 is 12.5. The molecule has 0 aliphatic heterocycles. The second-order valence-electron chi connectivity index (χ2n) is 6.57. The lowest BCUT2D eigenvalue weighted by molar-refractivity contribution is 1.03. The van der Waals surface area contributed by atoms with E-state index in [0.717, 1.165) is 49.5 Å². The van der Waals surface area contributed by atoms with Crippen molar-refractivity contribution >= 4 is 62.1 Å². The normalized spacial score (nSPS) is 10.2. The lowest BCUT2D eigenvalue weighted by Gasteiger charge is -2.12. The summed E-state index contributed by atoms with van der Waals surface area (Å²) in [5.74, 6) is 0. The van der Waals surface area contributed by atoms with Crippen molar-refractivity contribution in [2.75, 3.05) is 23.7 Å². The van der Waals surface area contributed by atoms with Crippen molar-refractivity contribution in [3.8, 4) is 0 Å². The van der Waals surface area contributed by atoms with E-state index in [1.807, 2.05) is 71.0 Å². The van der Waals surface area contributed by atoms with Gasteiger partial charge in [-0.2, -0.15) is 0 Å². The molecule has 0 radical (unpaired) electrons. The van der Waals surface area contributed by atoms with Crippen molar-refractivity contribution in [3.63, 3.8) is 0 Å². The van der Waals surface area contributed by atoms with Crippen LogP contribution in [0.2, 0.25) is 10.0 Å². The number of anilines is 3. The standard InChI is InChI=1S/C21H20Cl2N4.2C2H6/c1-12-2-4-14(10-18(12)23)26-15-9-17-16-8-13(22)3-5-19(16)27-21(17)20(11-15)25-7-6-24;2*1-2/h2-5,8-11,25-27H,6-7,24H2,1H3;2*1-2H3. The molecule has 0 saturated heterocycles. The molecule has 5 N–H and O–H groups in total. The summed E-state index contributed by atoms with van der Waals surface area (Å²) in [6, 6.07) is 16.0. The van der Waals surface area contributed by atoms with Gasteiger partial charge in [-0.25, -0.2) is 0 Å². The quantitative estimate of drug-likeness (QED) is 0.244. The van der Waals surface area contributed by atoms with Gasteiger partial charge in [0, 0.05) is 50.8 Å². The molecule has 1 aromatic heterocycles. The van der Waals surface area contributed by atoms with E-state index in [1.165, 1.54) is 0 Å². The zero-order chi connectivity index (χ0) is 23.0. The van der Waals surface area contributed by atoms with E-state index in [4.69, 9.17) is 28.9 Å². The lowest BCUT2D eigenvalue weighted by atomic mass is 10.1. The molecule has 0 aliphatic rings. The Labute approximate surface area is 195 Å². The monoisotopic (exact) mass is 458 g/mol. The highest BCUT2D eigenvalue weighted by molar-refractivity contribution is 6.32. The molecule has 0 atom stereocenters.